The lowest BCUT2D eigenvalue weighted by Crippen LogP contribution is -2.25. The van der Waals surface area contributed by atoms with Crippen molar-refractivity contribution >= 4 is 28.5 Å². The Kier molecular flexibility index (Phi) is 12.6. The number of unbranched alkanes of at least 4 members (excludes halogenated alkanes) is 1. The minimum Gasteiger partial charge on any atom is -0.501 e. The van der Waals surface area contributed by atoms with Crippen molar-refractivity contribution < 1.29 is 9.53 Å². The molecule has 0 unspecified atom stereocenters. The van der Waals surface area contributed by atoms with E-state index in [-0.39, 0.29) is 5.91 Å². The molecule has 3 nitrogen and oxygen atoms in total. The molecule has 0 fully saturated rings. The van der Waals surface area contributed by atoms with Crippen LogP contribution >= 0.6 is 22.6 Å². The highest BCUT2D eigenvalue weighted by Gasteiger charge is 2.03. The fourth-order valence-electron chi connectivity index (χ4n) is 1.43. The molecule has 22 heavy (non-hydrogen) atoms. The van der Waals surface area contributed by atoms with Gasteiger partial charge in [-0.1, -0.05) is 43.0 Å². The zero-order valence-corrected chi connectivity index (χ0v) is 15.9. The van der Waals surface area contributed by atoms with Gasteiger partial charge in [0.1, 0.15) is 0 Å². The monoisotopic (exact) mass is 415 g/mol. The van der Waals surface area contributed by atoms with E-state index in [1.54, 1.807) is 26.0 Å². The first kappa shape index (κ1) is 20.7. The molecule has 0 aliphatic carbocycles. The molecule has 0 atom stereocenters. The summed E-state index contributed by atoms with van der Waals surface area (Å²) in [6.07, 6.45) is 16.8. The summed E-state index contributed by atoms with van der Waals surface area (Å²) in [4.78, 5) is 13.4. The molecule has 0 aromatic carbocycles. The lowest BCUT2D eigenvalue weighted by Gasteiger charge is -2.12. The highest BCUT2D eigenvalue weighted by atomic mass is 127. The van der Waals surface area contributed by atoms with Gasteiger partial charge in [0, 0.05) is 19.7 Å². The van der Waals surface area contributed by atoms with E-state index in [1.807, 2.05) is 12.2 Å². The van der Waals surface area contributed by atoms with Crippen LogP contribution in [0.3, 0.4) is 0 Å². The largest absolute Gasteiger partial charge is 0.501 e. The number of hydrogen-bond donors (Lipinski definition) is 0. The summed E-state index contributed by atoms with van der Waals surface area (Å²) in [7, 11) is 3.33. The summed E-state index contributed by atoms with van der Waals surface area (Å²) in [5.74, 6) is 0.566. The number of halogens is 1. The summed E-state index contributed by atoms with van der Waals surface area (Å²) >= 11 is 2.23. The quantitative estimate of drug-likeness (QED) is 0.128. The summed E-state index contributed by atoms with van der Waals surface area (Å²) in [6, 6.07) is 0. The van der Waals surface area contributed by atoms with Crippen LogP contribution < -0.4 is 0 Å². The number of amides is 1. The molecule has 0 aliphatic heterocycles. The van der Waals surface area contributed by atoms with Crippen molar-refractivity contribution in [3.63, 3.8) is 0 Å². The van der Waals surface area contributed by atoms with E-state index in [1.165, 1.54) is 6.08 Å². The average Bonchev–Trinajstić information content (AvgIpc) is 2.48. The number of methoxy groups -OCH3 is 1. The Labute approximate surface area is 148 Å². The first-order valence-electron chi connectivity index (χ1n) is 7.24. The van der Waals surface area contributed by atoms with Crippen molar-refractivity contribution in [3.05, 3.63) is 58.5 Å². The van der Waals surface area contributed by atoms with Crippen LogP contribution in [0.25, 0.3) is 0 Å². The summed E-state index contributed by atoms with van der Waals surface area (Å²) in [5.41, 5.74) is 0. The third-order valence-corrected chi connectivity index (χ3v) is 3.23. The Bertz CT molecular complexity index is 462. The summed E-state index contributed by atoms with van der Waals surface area (Å²) < 4.78 is 6.10. The van der Waals surface area contributed by atoms with Gasteiger partial charge in [0.15, 0.2) is 0 Å². The molecule has 0 saturated heterocycles. The zero-order valence-electron chi connectivity index (χ0n) is 13.7. The van der Waals surface area contributed by atoms with Crippen LogP contribution in [-0.4, -0.2) is 31.5 Å². The van der Waals surface area contributed by atoms with Crippen molar-refractivity contribution in [1.29, 1.82) is 0 Å². The molecule has 0 aromatic heterocycles. The van der Waals surface area contributed by atoms with Crippen LogP contribution in [0.5, 0.6) is 0 Å². The van der Waals surface area contributed by atoms with Crippen LogP contribution in [0.4, 0.5) is 0 Å². The third kappa shape index (κ3) is 12.4. The number of carbonyl (C=O) groups is 1. The molecule has 0 saturated carbocycles. The van der Waals surface area contributed by atoms with E-state index in [4.69, 9.17) is 4.74 Å². The number of ether oxygens (including phenoxy) is 1. The van der Waals surface area contributed by atoms with Gasteiger partial charge in [-0.15, -0.1) is 0 Å². The lowest BCUT2D eigenvalue weighted by molar-refractivity contribution is -0.124. The SMILES string of the molecule is C=C(I)C/C=C\C=C/CC/C=C/CN(C)C(=O)/C=C(\C)OC. The second-order valence-electron chi connectivity index (χ2n) is 4.80. The normalized spacial score (nSPS) is 12.5. The highest BCUT2D eigenvalue weighted by molar-refractivity contribution is 14.1. The standard InChI is InChI=1S/C18H26INO2/c1-16(19)13-11-9-7-5-6-8-10-12-14-20(3)18(21)15-17(2)22-4/h5,7,9-12,15H,1,6,8,13-14H2,2-4H3/b7-5-,11-9-,12-10+,17-15+. The smallest absolute Gasteiger partial charge is 0.249 e. The fraction of sp³-hybridized carbons (Fsp3) is 0.389. The lowest BCUT2D eigenvalue weighted by atomic mass is 10.2. The molecule has 122 valence electrons. The van der Waals surface area contributed by atoms with Crippen molar-refractivity contribution in [2.24, 2.45) is 0 Å². The van der Waals surface area contributed by atoms with Gasteiger partial charge < -0.3 is 9.64 Å². The van der Waals surface area contributed by atoms with Crippen molar-refractivity contribution in [1.82, 2.24) is 4.90 Å². The maximum Gasteiger partial charge on any atom is 0.249 e. The second kappa shape index (κ2) is 13.4. The predicted octanol–water partition coefficient (Wildman–Crippen LogP) is 4.78. The zero-order chi connectivity index (χ0) is 16.8. The maximum atomic E-state index is 11.7. The van der Waals surface area contributed by atoms with E-state index in [0.29, 0.717) is 12.3 Å². The Morgan fingerprint density at radius 1 is 1.18 bits per heavy atom. The summed E-state index contributed by atoms with van der Waals surface area (Å²) in [5, 5.41) is 0. The van der Waals surface area contributed by atoms with E-state index in [0.717, 1.165) is 22.8 Å². The Hall–Kier alpha value is -1.30. The molecular weight excluding hydrogens is 389 g/mol. The Balaban J connectivity index is 3.87. The van der Waals surface area contributed by atoms with Crippen molar-refractivity contribution in [3.8, 4) is 0 Å². The van der Waals surface area contributed by atoms with Crippen molar-refractivity contribution in [2.75, 3.05) is 20.7 Å². The topological polar surface area (TPSA) is 29.5 Å². The average molecular weight is 415 g/mol. The minimum atomic E-state index is -0.0501. The van der Waals surface area contributed by atoms with Crippen LogP contribution in [0.2, 0.25) is 0 Å². The number of hydrogen-bond acceptors (Lipinski definition) is 2. The van der Waals surface area contributed by atoms with Gasteiger partial charge >= 0.3 is 0 Å². The van der Waals surface area contributed by atoms with Crippen LogP contribution in [0.1, 0.15) is 26.2 Å². The first-order valence-corrected chi connectivity index (χ1v) is 8.32. The predicted molar refractivity (Wildman–Crippen MR) is 103 cm³/mol. The van der Waals surface area contributed by atoms with Gasteiger partial charge in [0.25, 0.3) is 0 Å². The molecule has 0 bridgehead atoms. The Morgan fingerprint density at radius 3 is 2.45 bits per heavy atom. The van der Waals surface area contributed by atoms with Gasteiger partial charge in [-0.3, -0.25) is 4.79 Å². The van der Waals surface area contributed by atoms with Gasteiger partial charge in [-0.05, 0) is 52.4 Å². The molecule has 1 amide bonds. The van der Waals surface area contributed by atoms with Crippen molar-refractivity contribution in [2.45, 2.75) is 26.2 Å². The number of rotatable bonds is 10. The molecule has 0 aliphatic rings. The summed E-state index contributed by atoms with van der Waals surface area (Å²) in [6.45, 7) is 6.20. The van der Waals surface area contributed by atoms with Gasteiger partial charge in [0.2, 0.25) is 5.91 Å². The molecule has 0 N–H and O–H groups in total. The van der Waals surface area contributed by atoms with E-state index in [2.05, 4.69) is 53.5 Å². The molecule has 0 heterocycles. The fourth-order valence-corrected chi connectivity index (χ4v) is 1.68. The third-order valence-electron chi connectivity index (χ3n) is 2.79. The van der Waals surface area contributed by atoms with E-state index in [9.17, 15) is 4.79 Å². The maximum absolute atomic E-state index is 11.7. The second-order valence-corrected chi connectivity index (χ2v) is 6.33. The number of carbonyl (C=O) groups excluding carboxylic acids is 1. The van der Waals surface area contributed by atoms with Gasteiger partial charge in [0.05, 0.1) is 12.9 Å². The molecular formula is C18H26INO2. The molecule has 0 spiro atoms. The van der Waals surface area contributed by atoms with Crippen LogP contribution in [0.15, 0.2) is 58.5 Å². The molecule has 0 radical (unpaired) electrons. The molecule has 0 aromatic rings. The van der Waals surface area contributed by atoms with Crippen LogP contribution in [0, 0.1) is 0 Å². The number of nitrogens with zero attached hydrogens (tertiary/aromatic N) is 1. The molecule has 0 rings (SSSR count). The Morgan fingerprint density at radius 2 is 1.82 bits per heavy atom. The van der Waals surface area contributed by atoms with E-state index < -0.39 is 0 Å². The highest BCUT2D eigenvalue weighted by Crippen LogP contribution is 2.07. The minimum absolute atomic E-state index is 0.0501. The number of likely N-dealkylation sites (N-methyl/N-ethyl adjacent to an activating group) is 1. The first-order chi connectivity index (χ1) is 10.5. The molecule has 4 heteroatoms. The van der Waals surface area contributed by atoms with Gasteiger partial charge in [-0.2, -0.15) is 0 Å². The number of allylic oxidation sites excluding steroid dienone is 7. The van der Waals surface area contributed by atoms with Crippen LogP contribution in [-0.2, 0) is 9.53 Å². The van der Waals surface area contributed by atoms with E-state index >= 15 is 0 Å². The van der Waals surface area contributed by atoms with Gasteiger partial charge in [-0.25, -0.2) is 0 Å².